The highest BCUT2D eigenvalue weighted by molar-refractivity contribution is 9.10. The molecule has 0 heterocycles. The van der Waals surface area contributed by atoms with Gasteiger partial charge in [0.15, 0.2) is 6.61 Å². The Kier molecular flexibility index (Phi) is 5.86. The van der Waals surface area contributed by atoms with Gasteiger partial charge in [0.2, 0.25) is 0 Å². The summed E-state index contributed by atoms with van der Waals surface area (Å²) >= 11 is 9.48. The summed E-state index contributed by atoms with van der Waals surface area (Å²) in [6.07, 6.45) is 0.952. The normalized spacial score (nSPS) is 10.4. The minimum Gasteiger partial charge on any atom is -0.483 e. The Bertz CT molecular complexity index is 688. The number of aryl methyl sites for hydroxylation is 2. The van der Waals surface area contributed by atoms with E-state index in [4.69, 9.17) is 16.3 Å². The molecular formula is C17H17BrClNO2. The van der Waals surface area contributed by atoms with Gasteiger partial charge in [0.1, 0.15) is 5.75 Å². The van der Waals surface area contributed by atoms with Crippen molar-refractivity contribution in [3.8, 4) is 5.75 Å². The van der Waals surface area contributed by atoms with Gasteiger partial charge in [-0.2, -0.15) is 0 Å². The highest BCUT2D eigenvalue weighted by Crippen LogP contribution is 2.26. The van der Waals surface area contributed by atoms with Crippen molar-refractivity contribution in [2.24, 2.45) is 0 Å². The van der Waals surface area contributed by atoms with E-state index in [1.807, 2.05) is 37.3 Å². The van der Waals surface area contributed by atoms with Crippen LogP contribution in [0, 0.1) is 6.92 Å². The number of benzene rings is 2. The topological polar surface area (TPSA) is 38.3 Å². The number of carbonyl (C=O) groups excluding carboxylic acids is 1. The molecule has 0 aliphatic carbocycles. The predicted molar refractivity (Wildman–Crippen MR) is 93.8 cm³/mol. The fraction of sp³-hybridized carbons (Fsp3) is 0.235. The van der Waals surface area contributed by atoms with Crippen LogP contribution in [0.5, 0.6) is 5.75 Å². The lowest BCUT2D eigenvalue weighted by Gasteiger charge is -2.10. The molecule has 22 heavy (non-hydrogen) atoms. The van der Waals surface area contributed by atoms with Gasteiger partial charge in [-0.05, 0) is 64.7 Å². The van der Waals surface area contributed by atoms with E-state index < -0.39 is 0 Å². The Balaban J connectivity index is 1.93. The van der Waals surface area contributed by atoms with Crippen LogP contribution in [0.2, 0.25) is 5.02 Å². The van der Waals surface area contributed by atoms with E-state index >= 15 is 0 Å². The van der Waals surface area contributed by atoms with Crippen molar-refractivity contribution in [1.29, 1.82) is 0 Å². The second-order valence-electron chi connectivity index (χ2n) is 4.92. The van der Waals surface area contributed by atoms with E-state index in [0.717, 1.165) is 16.5 Å². The van der Waals surface area contributed by atoms with Crippen molar-refractivity contribution >= 4 is 39.1 Å². The van der Waals surface area contributed by atoms with Gasteiger partial charge in [-0.15, -0.1) is 0 Å². The molecule has 0 saturated heterocycles. The monoisotopic (exact) mass is 381 g/mol. The molecule has 3 nitrogen and oxygen atoms in total. The van der Waals surface area contributed by atoms with Crippen LogP contribution in [0.25, 0.3) is 0 Å². The number of hydrogen-bond acceptors (Lipinski definition) is 2. The molecule has 0 spiro atoms. The van der Waals surface area contributed by atoms with Gasteiger partial charge in [-0.1, -0.05) is 30.7 Å². The lowest BCUT2D eigenvalue weighted by molar-refractivity contribution is -0.118. The van der Waals surface area contributed by atoms with Gasteiger partial charge >= 0.3 is 0 Å². The van der Waals surface area contributed by atoms with Crippen LogP contribution in [0.15, 0.2) is 40.9 Å². The Hall–Kier alpha value is -1.52. The first-order chi connectivity index (χ1) is 10.5. The van der Waals surface area contributed by atoms with E-state index in [-0.39, 0.29) is 12.5 Å². The van der Waals surface area contributed by atoms with E-state index in [9.17, 15) is 4.79 Å². The number of amides is 1. The van der Waals surface area contributed by atoms with Crippen LogP contribution in [-0.2, 0) is 11.2 Å². The summed E-state index contributed by atoms with van der Waals surface area (Å²) in [6, 6.07) is 11.2. The van der Waals surface area contributed by atoms with Crippen LogP contribution in [0.1, 0.15) is 18.1 Å². The standard InChI is InChI=1S/C17H17BrClNO2/c1-3-12-5-7-16(14(18)8-12)22-10-17(21)20-13-6-4-11(2)15(19)9-13/h4-9H,3,10H2,1-2H3,(H,20,21). The van der Waals surface area contributed by atoms with Gasteiger partial charge in [-0.25, -0.2) is 0 Å². The zero-order valence-electron chi connectivity index (χ0n) is 12.5. The van der Waals surface area contributed by atoms with Crippen LogP contribution in [0.3, 0.4) is 0 Å². The lowest BCUT2D eigenvalue weighted by atomic mass is 10.2. The third kappa shape index (κ3) is 4.49. The molecule has 5 heteroatoms. The molecule has 2 rings (SSSR count). The zero-order chi connectivity index (χ0) is 16.1. The maximum absolute atomic E-state index is 11.9. The molecule has 1 amide bonds. The molecule has 0 aliphatic rings. The highest BCUT2D eigenvalue weighted by atomic mass is 79.9. The molecule has 0 radical (unpaired) electrons. The predicted octanol–water partition coefficient (Wildman–Crippen LogP) is 4.99. The smallest absolute Gasteiger partial charge is 0.262 e. The van der Waals surface area contributed by atoms with Crippen molar-refractivity contribution in [2.45, 2.75) is 20.3 Å². The average Bonchev–Trinajstić information content (AvgIpc) is 2.49. The van der Waals surface area contributed by atoms with Gasteiger partial charge < -0.3 is 10.1 Å². The van der Waals surface area contributed by atoms with Gasteiger partial charge in [0, 0.05) is 10.7 Å². The van der Waals surface area contributed by atoms with Crippen molar-refractivity contribution in [3.63, 3.8) is 0 Å². The summed E-state index contributed by atoms with van der Waals surface area (Å²) in [7, 11) is 0. The minimum atomic E-state index is -0.230. The van der Waals surface area contributed by atoms with E-state index in [1.165, 1.54) is 5.56 Å². The third-order valence-corrected chi connectivity index (χ3v) is 4.25. The number of anilines is 1. The van der Waals surface area contributed by atoms with Crippen LogP contribution >= 0.6 is 27.5 Å². The fourth-order valence-corrected chi connectivity index (χ4v) is 2.61. The van der Waals surface area contributed by atoms with Crippen molar-refractivity contribution in [3.05, 3.63) is 57.0 Å². The minimum absolute atomic E-state index is 0.0600. The molecular weight excluding hydrogens is 366 g/mol. The first-order valence-electron chi connectivity index (χ1n) is 6.97. The summed E-state index contributed by atoms with van der Waals surface area (Å²) in [5.41, 5.74) is 2.83. The van der Waals surface area contributed by atoms with Crippen molar-refractivity contribution in [1.82, 2.24) is 0 Å². The Labute approximate surface area is 143 Å². The number of carbonyl (C=O) groups is 1. The van der Waals surface area contributed by atoms with Crippen molar-refractivity contribution in [2.75, 3.05) is 11.9 Å². The number of halogens is 2. The van der Waals surface area contributed by atoms with Crippen LogP contribution in [-0.4, -0.2) is 12.5 Å². The summed E-state index contributed by atoms with van der Waals surface area (Å²) in [6.45, 7) is 3.94. The summed E-state index contributed by atoms with van der Waals surface area (Å²) in [5, 5.41) is 3.38. The van der Waals surface area contributed by atoms with E-state index in [0.29, 0.717) is 16.5 Å². The Morgan fingerprint density at radius 2 is 2.05 bits per heavy atom. The molecule has 1 N–H and O–H groups in total. The molecule has 0 saturated carbocycles. The van der Waals surface area contributed by atoms with Gasteiger partial charge in [-0.3, -0.25) is 4.79 Å². The summed E-state index contributed by atoms with van der Waals surface area (Å²) < 4.78 is 6.38. The number of ether oxygens (including phenoxy) is 1. The summed E-state index contributed by atoms with van der Waals surface area (Å²) in [4.78, 5) is 11.9. The fourth-order valence-electron chi connectivity index (χ4n) is 1.89. The second-order valence-corrected chi connectivity index (χ2v) is 6.18. The third-order valence-electron chi connectivity index (χ3n) is 3.22. The Morgan fingerprint density at radius 3 is 2.68 bits per heavy atom. The number of hydrogen-bond donors (Lipinski definition) is 1. The Morgan fingerprint density at radius 1 is 1.27 bits per heavy atom. The quantitative estimate of drug-likeness (QED) is 0.791. The molecule has 2 aromatic carbocycles. The van der Waals surface area contributed by atoms with Crippen LogP contribution in [0.4, 0.5) is 5.69 Å². The van der Waals surface area contributed by atoms with Crippen molar-refractivity contribution < 1.29 is 9.53 Å². The maximum Gasteiger partial charge on any atom is 0.262 e. The first-order valence-corrected chi connectivity index (χ1v) is 8.14. The second kappa shape index (κ2) is 7.65. The van der Waals surface area contributed by atoms with Gasteiger partial charge in [0.05, 0.1) is 4.47 Å². The molecule has 0 fully saturated rings. The molecule has 2 aromatic rings. The highest BCUT2D eigenvalue weighted by Gasteiger charge is 2.07. The molecule has 0 aromatic heterocycles. The number of rotatable bonds is 5. The first kappa shape index (κ1) is 16.8. The molecule has 0 aliphatic heterocycles. The van der Waals surface area contributed by atoms with Crippen LogP contribution < -0.4 is 10.1 Å². The maximum atomic E-state index is 11.9. The van der Waals surface area contributed by atoms with E-state index in [1.54, 1.807) is 6.07 Å². The molecule has 0 atom stereocenters. The molecule has 0 bridgehead atoms. The largest absolute Gasteiger partial charge is 0.483 e. The lowest BCUT2D eigenvalue weighted by Crippen LogP contribution is -2.20. The molecule has 0 unspecified atom stereocenters. The summed E-state index contributed by atoms with van der Waals surface area (Å²) in [5.74, 6) is 0.417. The average molecular weight is 383 g/mol. The van der Waals surface area contributed by atoms with E-state index in [2.05, 4.69) is 28.2 Å². The van der Waals surface area contributed by atoms with Gasteiger partial charge in [0.25, 0.3) is 5.91 Å². The SMILES string of the molecule is CCc1ccc(OCC(=O)Nc2ccc(C)c(Cl)c2)c(Br)c1. The zero-order valence-corrected chi connectivity index (χ0v) is 14.8. The number of nitrogens with one attached hydrogen (secondary N) is 1. The molecule has 116 valence electrons.